The van der Waals surface area contributed by atoms with Crippen LogP contribution in [-0.2, 0) is 6.54 Å². The maximum Gasteiger partial charge on any atom is 0.117 e. The van der Waals surface area contributed by atoms with Crippen molar-refractivity contribution < 1.29 is 9.52 Å². The Balaban J connectivity index is 2.38. The SMILES string of the molecule is N#CCCN(CCCO)Cc1ccco1. The van der Waals surface area contributed by atoms with Gasteiger partial charge in [0.05, 0.1) is 18.9 Å². The molecule has 1 N–H and O–H groups in total. The van der Waals surface area contributed by atoms with Crippen molar-refractivity contribution in [3.05, 3.63) is 24.2 Å². The molecule has 15 heavy (non-hydrogen) atoms. The quantitative estimate of drug-likeness (QED) is 0.735. The van der Waals surface area contributed by atoms with E-state index in [0.29, 0.717) is 13.0 Å². The van der Waals surface area contributed by atoms with Crippen molar-refractivity contribution in [2.75, 3.05) is 19.7 Å². The zero-order chi connectivity index (χ0) is 10.9. The van der Waals surface area contributed by atoms with Crippen LogP contribution in [0.15, 0.2) is 22.8 Å². The van der Waals surface area contributed by atoms with Crippen molar-refractivity contribution in [3.63, 3.8) is 0 Å². The van der Waals surface area contributed by atoms with Gasteiger partial charge in [0.1, 0.15) is 5.76 Å². The van der Waals surface area contributed by atoms with Crippen LogP contribution in [0, 0.1) is 11.3 Å². The number of aliphatic hydroxyl groups is 1. The summed E-state index contributed by atoms with van der Waals surface area (Å²) in [6.07, 6.45) is 2.88. The fourth-order valence-electron chi connectivity index (χ4n) is 1.40. The summed E-state index contributed by atoms with van der Waals surface area (Å²) in [5, 5.41) is 17.3. The summed E-state index contributed by atoms with van der Waals surface area (Å²) >= 11 is 0. The van der Waals surface area contributed by atoms with E-state index in [1.54, 1.807) is 6.26 Å². The summed E-state index contributed by atoms with van der Waals surface area (Å²) in [4.78, 5) is 2.11. The summed E-state index contributed by atoms with van der Waals surface area (Å²) < 4.78 is 5.24. The molecule has 0 radical (unpaired) electrons. The van der Waals surface area contributed by atoms with Crippen LogP contribution in [0.5, 0.6) is 0 Å². The van der Waals surface area contributed by atoms with Crippen LogP contribution in [0.4, 0.5) is 0 Å². The summed E-state index contributed by atoms with van der Waals surface area (Å²) in [6, 6.07) is 5.89. The van der Waals surface area contributed by atoms with Gasteiger partial charge in [-0.15, -0.1) is 0 Å². The van der Waals surface area contributed by atoms with Crippen LogP contribution in [0.1, 0.15) is 18.6 Å². The van der Waals surface area contributed by atoms with E-state index in [0.717, 1.165) is 25.3 Å². The minimum atomic E-state index is 0.182. The van der Waals surface area contributed by atoms with Gasteiger partial charge in [0, 0.05) is 26.1 Å². The molecule has 4 heteroatoms. The third-order valence-corrected chi connectivity index (χ3v) is 2.13. The lowest BCUT2D eigenvalue weighted by Gasteiger charge is -2.18. The molecule has 0 aliphatic rings. The molecule has 0 aliphatic carbocycles. The number of nitrogens with zero attached hydrogens (tertiary/aromatic N) is 2. The standard InChI is InChI=1S/C11H16N2O2/c12-5-2-6-13(7-3-8-14)10-11-4-1-9-15-11/h1,4,9,14H,2-3,6-8,10H2. The van der Waals surface area contributed by atoms with E-state index < -0.39 is 0 Å². The second kappa shape index (κ2) is 7.04. The third kappa shape index (κ3) is 4.63. The highest BCUT2D eigenvalue weighted by atomic mass is 16.3. The van der Waals surface area contributed by atoms with Gasteiger partial charge in [0.25, 0.3) is 0 Å². The second-order valence-corrected chi connectivity index (χ2v) is 3.34. The van der Waals surface area contributed by atoms with Crippen molar-refractivity contribution in [1.82, 2.24) is 4.90 Å². The number of rotatable bonds is 7. The van der Waals surface area contributed by atoms with Gasteiger partial charge in [-0.1, -0.05) is 0 Å². The predicted molar refractivity (Wildman–Crippen MR) is 55.9 cm³/mol. The molecular weight excluding hydrogens is 192 g/mol. The molecule has 0 amide bonds. The summed E-state index contributed by atoms with van der Waals surface area (Å²) in [7, 11) is 0. The minimum Gasteiger partial charge on any atom is -0.468 e. The molecule has 1 aromatic heterocycles. The molecule has 0 aliphatic heterocycles. The Bertz CT molecular complexity index is 290. The van der Waals surface area contributed by atoms with Gasteiger partial charge in [-0.25, -0.2) is 0 Å². The zero-order valence-corrected chi connectivity index (χ0v) is 8.72. The van der Waals surface area contributed by atoms with E-state index in [4.69, 9.17) is 14.8 Å². The van der Waals surface area contributed by atoms with Crippen LogP contribution in [0.25, 0.3) is 0 Å². The number of hydrogen-bond acceptors (Lipinski definition) is 4. The maximum atomic E-state index is 8.75. The van der Waals surface area contributed by atoms with Crippen molar-refractivity contribution >= 4 is 0 Å². The summed E-state index contributed by atoms with van der Waals surface area (Å²) in [6.45, 7) is 2.39. The van der Waals surface area contributed by atoms with E-state index in [1.165, 1.54) is 0 Å². The van der Waals surface area contributed by atoms with Crippen LogP contribution in [-0.4, -0.2) is 29.7 Å². The van der Waals surface area contributed by atoms with Crippen molar-refractivity contribution in [1.29, 1.82) is 5.26 Å². The van der Waals surface area contributed by atoms with E-state index in [2.05, 4.69) is 11.0 Å². The Labute approximate surface area is 89.7 Å². The number of aliphatic hydroxyl groups excluding tert-OH is 1. The lowest BCUT2D eigenvalue weighted by molar-refractivity contribution is 0.210. The molecule has 0 fully saturated rings. The predicted octanol–water partition coefficient (Wildman–Crippen LogP) is 1.38. The average Bonchev–Trinajstić information content (AvgIpc) is 2.74. The molecule has 1 heterocycles. The lowest BCUT2D eigenvalue weighted by Crippen LogP contribution is -2.25. The first kappa shape index (κ1) is 11.8. The average molecular weight is 208 g/mol. The molecule has 0 saturated heterocycles. The van der Waals surface area contributed by atoms with Gasteiger partial charge < -0.3 is 9.52 Å². The molecule has 82 valence electrons. The summed E-state index contributed by atoms with van der Waals surface area (Å²) in [5.41, 5.74) is 0. The topological polar surface area (TPSA) is 60.4 Å². The number of furan rings is 1. The smallest absolute Gasteiger partial charge is 0.117 e. The Morgan fingerprint density at radius 1 is 1.47 bits per heavy atom. The van der Waals surface area contributed by atoms with Crippen LogP contribution < -0.4 is 0 Å². The number of hydrogen-bond donors (Lipinski definition) is 1. The Hall–Kier alpha value is -1.31. The normalized spacial score (nSPS) is 10.5. The highest BCUT2D eigenvalue weighted by Crippen LogP contribution is 2.06. The molecule has 0 spiro atoms. The van der Waals surface area contributed by atoms with Gasteiger partial charge in [-0.05, 0) is 18.6 Å². The van der Waals surface area contributed by atoms with Crippen LogP contribution >= 0.6 is 0 Å². The molecule has 0 saturated carbocycles. The van der Waals surface area contributed by atoms with E-state index in [1.807, 2.05) is 12.1 Å². The molecule has 0 aromatic carbocycles. The highest BCUT2D eigenvalue weighted by molar-refractivity contribution is 4.97. The molecule has 0 atom stereocenters. The largest absolute Gasteiger partial charge is 0.468 e. The lowest BCUT2D eigenvalue weighted by atomic mass is 10.3. The Morgan fingerprint density at radius 2 is 2.33 bits per heavy atom. The Morgan fingerprint density at radius 3 is 2.93 bits per heavy atom. The van der Waals surface area contributed by atoms with E-state index in [9.17, 15) is 0 Å². The Kier molecular flexibility index (Phi) is 5.52. The zero-order valence-electron chi connectivity index (χ0n) is 8.72. The van der Waals surface area contributed by atoms with Crippen molar-refractivity contribution in [2.24, 2.45) is 0 Å². The van der Waals surface area contributed by atoms with Gasteiger partial charge in [-0.3, -0.25) is 4.90 Å². The van der Waals surface area contributed by atoms with E-state index in [-0.39, 0.29) is 6.61 Å². The fraction of sp³-hybridized carbons (Fsp3) is 0.545. The summed E-state index contributed by atoms with van der Waals surface area (Å²) in [5.74, 6) is 0.894. The monoisotopic (exact) mass is 208 g/mol. The second-order valence-electron chi connectivity index (χ2n) is 3.34. The van der Waals surface area contributed by atoms with Crippen LogP contribution in [0.2, 0.25) is 0 Å². The molecular formula is C11H16N2O2. The third-order valence-electron chi connectivity index (χ3n) is 2.13. The molecule has 1 rings (SSSR count). The first-order valence-electron chi connectivity index (χ1n) is 5.09. The molecule has 1 aromatic rings. The number of nitriles is 1. The first-order valence-corrected chi connectivity index (χ1v) is 5.09. The van der Waals surface area contributed by atoms with Crippen molar-refractivity contribution in [2.45, 2.75) is 19.4 Å². The highest BCUT2D eigenvalue weighted by Gasteiger charge is 2.06. The van der Waals surface area contributed by atoms with Crippen LogP contribution in [0.3, 0.4) is 0 Å². The molecule has 0 bridgehead atoms. The van der Waals surface area contributed by atoms with Gasteiger partial charge in [0.2, 0.25) is 0 Å². The minimum absolute atomic E-state index is 0.182. The fourth-order valence-corrected chi connectivity index (χ4v) is 1.40. The van der Waals surface area contributed by atoms with Gasteiger partial charge in [-0.2, -0.15) is 5.26 Å². The molecule has 4 nitrogen and oxygen atoms in total. The molecule has 0 unspecified atom stereocenters. The van der Waals surface area contributed by atoms with E-state index >= 15 is 0 Å². The van der Waals surface area contributed by atoms with Gasteiger partial charge >= 0.3 is 0 Å². The maximum absolute atomic E-state index is 8.75. The van der Waals surface area contributed by atoms with Crippen molar-refractivity contribution in [3.8, 4) is 6.07 Å². The first-order chi connectivity index (χ1) is 7.36. The van der Waals surface area contributed by atoms with Gasteiger partial charge in [0.15, 0.2) is 0 Å².